The molecule has 0 unspecified atom stereocenters. The van der Waals surface area contributed by atoms with E-state index in [0.717, 1.165) is 23.3 Å². The maximum absolute atomic E-state index is 12.4. The molecular weight excluding hydrogens is 372 g/mol. The SMILES string of the molecule is CCNc1nc(S[C@H](C)C(=O)N[C@H]2CCS(=O)(=O)C2)nc2ccccc12. The van der Waals surface area contributed by atoms with Gasteiger partial charge in [-0.05, 0) is 32.4 Å². The van der Waals surface area contributed by atoms with Crippen LogP contribution in [0.5, 0.6) is 0 Å². The molecule has 1 aliphatic heterocycles. The van der Waals surface area contributed by atoms with Crippen LogP contribution in [0.25, 0.3) is 10.9 Å². The van der Waals surface area contributed by atoms with E-state index in [1.165, 1.54) is 11.8 Å². The van der Waals surface area contributed by atoms with Crippen molar-refractivity contribution in [2.24, 2.45) is 0 Å². The fourth-order valence-corrected chi connectivity index (χ4v) is 5.31. The molecule has 2 aromatic rings. The van der Waals surface area contributed by atoms with E-state index in [9.17, 15) is 13.2 Å². The summed E-state index contributed by atoms with van der Waals surface area (Å²) in [5, 5.41) is 7.08. The summed E-state index contributed by atoms with van der Waals surface area (Å²) in [6, 6.07) is 7.42. The number of carbonyl (C=O) groups is 1. The molecule has 0 radical (unpaired) electrons. The van der Waals surface area contributed by atoms with Crippen molar-refractivity contribution < 1.29 is 13.2 Å². The standard InChI is InChI=1S/C17H22N4O3S2/c1-3-18-15-13-6-4-5-7-14(13)20-17(21-15)25-11(2)16(22)19-12-8-9-26(23,24)10-12/h4-7,11-12H,3,8-10H2,1-2H3,(H,19,22)(H,18,20,21)/t11-,12+/m1/s1. The Hall–Kier alpha value is -1.87. The Bertz CT molecular complexity index is 917. The summed E-state index contributed by atoms with van der Waals surface area (Å²) in [6.07, 6.45) is 0.475. The van der Waals surface area contributed by atoms with Gasteiger partial charge >= 0.3 is 0 Å². The highest BCUT2D eigenvalue weighted by molar-refractivity contribution is 8.00. The summed E-state index contributed by atoms with van der Waals surface area (Å²) in [5.41, 5.74) is 0.815. The van der Waals surface area contributed by atoms with Gasteiger partial charge in [-0.1, -0.05) is 23.9 Å². The topological polar surface area (TPSA) is 101 Å². The average molecular weight is 395 g/mol. The number of benzene rings is 1. The largest absolute Gasteiger partial charge is 0.370 e. The number of hydrogen-bond acceptors (Lipinski definition) is 7. The lowest BCUT2D eigenvalue weighted by molar-refractivity contribution is -0.120. The first-order valence-electron chi connectivity index (χ1n) is 8.56. The van der Waals surface area contributed by atoms with Crippen LogP contribution in [0.3, 0.4) is 0 Å². The molecule has 2 heterocycles. The molecule has 2 N–H and O–H groups in total. The number of thioether (sulfide) groups is 1. The number of amides is 1. The molecule has 3 rings (SSSR count). The number of nitrogens with one attached hydrogen (secondary N) is 2. The molecule has 1 amide bonds. The van der Waals surface area contributed by atoms with Gasteiger partial charge in [-0.15, -0.1) is 0 Å². The maximum Gasteiger partial charge on any atom is 0.233 e. The monoisotopic (exact) mass is 394 g/mol. The zero-order valence-corrected chi connectivity index (χ0v) is 16.4. The molecule has 1 aromatic carbocycles. The van der Waals surface area contributed by atoms with Gasteiger partial charge in [-0.2, -0.15) is 0 Å². The van der Waals surface area contributed by atoms with Crippen LogP contribution in [0.15, 0.2) is 29.4 Å². The third-order valence-corrected chi connectivity index (χ3v) is 6.89. The zero-order valence-electron chi connectivity index (χ0n) is 14.7. The van der Waals surface area contributed by atoms with Crippen molar-refractivity contribution in [1.29, 1.82) is 0 Å². The Morgan fingerprint density at radius 2 is 2.12 bits per heavy atom. The Morgan fingerprint density at radius 3 is 2.81 bits per heavy atom. The van der Waals surface area contributed by atoms with Gasteiger partial charge in [0.2, 0.25) is 5.91 Å². The number of anilines is 1. The van der Waals surface area contributed by atoms with E-state index in [0.29, 0.717) is 11.6 Å². The van der Waals surface area contributed by atoms with Crippen LogP contribution >= 0.6 is 11.8 Å². The first kappa shape index (κ1) is 18.9. The third-order valence-electron chi connectivity index (χ3n) is 4.16. The van der Waals surface area contributed by atoms with Crippen LogP contribution in [0.1, 0.15) is 20.3 Å². The molecule has 7 nitrogen and oxygen atoms in total. The summed E-state index contributed by atoms with van der Waals surface area (Å²) in [4.78, 5) is 21.5. The first-order chi connectivity index (χ1) is 12.4. The van der Waals surface area contributed by atoms with E-state index in [1.807, 2.05) is 31.2 Å². The molecule has 1 aromatic heterocycles. The first-order valence-corrected chi connectivity index (χ1v) is 11.3. The number of sulfone groups is 1. The summed E-state index contributed by atoms with van der Waals surface area (Å²) in [5.74, 6) is 0.709. The molecule has 2 atom stereocenters. The minimum Gasteiger partial charge on any atom is -0.370 e. The molecule has 1 saturated heterocycles. The minimum absolute atomic E-state index is 0.0210. The van der Waals surface area contributed by atoms with Gasteiger partial charge in [0.1, 0.15) is 5.82 Å². The van der Waals surface area contributed by atoms with Crippen molar-refractivity contribution in [2.45, 2.75) is 36.7 Å². The smallest absolute Gasteiger partial charge is 0.233 e. The lowest BCUT2D eigenvalue weighted by Gasteiger charge is -2.16. The van der Waals surface area contributed by atoms with Crippen molar-refractivity contribution in [1.82, 2.24) is 15.3 Å². The van der Waals surface area contributed by atoms with Crippen LogP contribution < -0.4 is 10.6 Å². The van der Waals surface area contributed by atoms with Gasteiger partial charge in [-0.25, -0.2) is 18.4 Å². The number of aromatic nitrogens is 2. The number of hydrogen-bond donors (Lipinski definition) is 2. The second kappa shape index (κ2) is 7.79. The Labute approximate surface area is 157 Å². The molecule has 1 fully saturated rings. The number of nitrogens with zero attached hydrogens (tertiary/aromatic N) is 2. The molecule has 9 heteroatoms. The van der Waals surface area contributed by atoms with Crippen LogP contribution in [0.2, 0.25) is 0 Å². The third kappa shape index (κ3) is 4.45. The predicted molar refractivity (Wildman–Crippen MR) is 104 cm³/mol. The lowest BCUT2D eigenvalue weighted by Crippen LogP contribution is -2.40. The van der Waals surface area contributed by atoms with Gasteiger partial charge in [0.15, 0.2) is 15.0 Å². The van der Waals surface area contributed by atoms with E-state index in [-0.39, 0.29) is 23.5 Å². The fraction of sp³-hybridized carbons (Fsp3) is 0.471. The summed E-state index contributed by atoms with van der Waals surface area (Å²) in [6.45, 7) is 4.50. The van der Waals surface area contributed by atoms with Gasteiger partial charge in [0.25, 0.3) is 0 Å². The maximum atomic E-state index is 12.4. The van der Waals surface area contributed by atoms with Gasteiger partial charge in [-0.3, -0.25) is 4.79 Å². The highest BCUT2D eigenvalue weighted by atomic mass is 32.2. The van der Waals surface area contributed by atoms with E-state index in [1.54, 1.807) is 6.92 Å². The highest BCUT2D eigenvalue weighted by Crippen LogP contribution is 2.27. The average Bonchev–Trinajstić information content (AvgIpc) is 2.93. The quantitative estimate of drug-likeness (QED) is 0.569. The van der Waals surface area contributed by atoms with Crippen LogP contribution in [-0.4, -0.2) is 53.6 Å². The molecule has 140 valence electrons. The van der Waals surface area contributed by atoms with E-state index in [2.05, 4.69) is 20.6 Å². The van der Waals surface area contributed by atoms with Crippen molar-refractivity contribution in [2.75, 3.05) is 23.4 Å². The number of rotatable bonds is 6. The second-order valence-corrected chi connectivity index (χ2v) is 9.81. The van der Waals surface area contributed by atoms with Crippen molar-refractivity contribution in [3.8, 4) is 0 Å². The number of carbonyl (C=O) groups excluding carboxylic acids is 1. The Morgan fingerprint density at radius 1 is 1.35 bits per heavy atom. The molecule has 26 heavy (non-hydrogen) atoms. The summed E-state index contributed by atoms with van der Waals surface area (Å²) in [7, 11) is -3.02. The lowest BCUT2D eigenvalue weighted by atomic mass is 10.2. The van der Waals surface area contributed by atoms with Gasteiger partial charge in [0, 0.05) is 18.0 Å². The van der Waals surface area contributed by atoms with Crippen LogP contribution in [-0.2, 0) is 14.6 Å². The molecular formula is C17H22N4O3S2. The predicted octanol–water partition coefficient (Wildman–Crippen LogP) is 1.85. The minimum atomic E-state index is -3.02. The van der Waals surface area contributed by atoms with E-state index in [4.69, 9.17) is 0 Å². The number of para-hydroxylation sites is 1. The van der Waals surface area contributed by atoms with Crippen molar-refractivity contribution >= 4 is 44.2 Å². The molecule has 1 aliphatic rings. The van der Waals surface area contributed by atoms with E-state index < -0.39 is 15.1 Å². The summed E-state index contributed by atoms with van der Waals surface area (Å²) >= 11 is 1.27. The summed E-state index contributed by atoms with van der Waals surface area (Å²) < 4.78 is 23.0. The van der Waals surface area contributed by atoms with Crippen molar-refractivity contribution in [3.63, 3.8) is 0 Å². The van der Waals surface area contributed by atoms with Crippen LogP contribution in [0, 0.1) is 0 Å². The normalized spacial score (nSPS) is 20.0. The Kier molecular flexibility index (Phi) is 5.67. The second-order valence-electron chi connectivity index (χ2n) is 6.27. The van der Waals surface area contributed by atoms with Gasteiger partial charge in [0.05, 0.1) is 22.3 Å². The molecule has 0 aliphatic carbocycles. The van der Waals surface area contributed by atoms with Crippen molar-refractivity contribution in [3.05, 3.63) is 24.3 Å². The zero-order chi connectivity index (χ0) is 18.7. The Balaban J connectivity index is 1.72. The molecule has 0 bridgehead atoms. The van der Waals surface area contributed by atoms with Gasteiger partial charge < -0.3 is 10.6 Å². The fourth-order valence-electron chi connectivity index (χ4n) is 2.85. The van der Waals surface area contributed by atoms with E-state index >= 15 is 0 Å². The highest BCUT2D eigenvalue weighted by Gasteiger charge is 2.30. The molecule has 0 spiro atoms. The van der Waals surface area contributed by atoms with Crippen LogP contribution in [0.4, 0.5) is 5.82 Å². The number of fused-ring (bicyclic) bond motifs is 1. The molecule has 0 saturated carbocycles.